The molecule has 0 aromatic carbocycles. The van der Waals surface area contributed by atoms with E-state index in [-0.39, 0.29) is 5.41 Å². The molecule has 0 amide bonds. The topological polar surface area (TPSA) is 70.8 Å². The minimum Gasteiger partial charge on any atom is -0.370 e. The quantitative estimate of drug-likeness (QED) is 0.787. The van der Waals surface area contributed by atoms with E-state index in [1.165, 1.54) is 5.69 Å². The second-order valence-electron chi connectivity index (χ2n) is 6.30. The summed E-state index contributed by atoms with van der Waals surface area (Å²) in [7, 11) is 0. The first-order valence-electron chi connectivity index (χ1n) is 7.64. The van der Waals surface area contributed by atoms with Crippen LogP contribution in [-0.4, -0.2) is 33.2 Å². The van der Waals surface area contributed by atoms with E-state index in [4.69, 9.17) is 4.52 Å². The molecule has 3 aromatic heterocycles. The summed E-state index contributed by atoms with van der Waals surface area (Å²) >= 11 is 0. The third-order valence-corrected chi connectivity index (χ3v) is 4.52. The van der Waals surface area contributed by atoms with Crippen LogP contribution in [0.5, 0.6) is 0 Å². The molecular weight excluding hydrogens is 278 g/mol. The highest BCUT2D eigenvalue weighted by Gasteiger charge is 2.38. The van der Waals surface area contributed by atoms with Crippen LogP contribution in [0.1, 0.15) is 31.5 Å². The molecule has 4 rings (SSSR count). The first kappa shape index (κ1) is 13.3. The molecule has 114 valence electrons. The molecule has 1 N–H and O–H groups in total. The van der Waals surface area contributed by atoms with Gasteiger partial charge in [0.25, 0.3) is 0 Å². The zero-order valence-electron chi connectivity index (χ0n) is 12.8. The Kier molecular flexibility index (Phi) is 2.92. The number of piperidine rings is 1. The van der Waals surface area contributed by atoms with Crippen LogP contribution >= 0.6 is 0 Å². The van der Waals surface area contributed by atoms with Gasteiger partial charge in [-0.15, -0.1) is 0 Å². The summed E-state index contributed by atoms with van der Waals surface area (Å²) in [5, 5.41) is 5.12. The van der Waals surface area contributed by atoms with E-state index in [9.17, 15) is 0 Å². The SMILES string of the molecule is Cc1noc(C2(C)CCCN(c3ccnc4[nH]ccc34)C2)n1. The third-order valence-electron chi connectivity index (χ3n) is 4.52. The predicted molar refractivity (Wildman–Crippen MR) is 83.9 cm³/mol. The monoisotopic (exact) mass is 297 g/mol. The van der Waals surface area contributed by atoms with Gasteiger partial charge in [0, 0.05) is 36.6 Å². The van der Waals surface area contributed by atoms with E-state index in [2.05, 4.69) is 44.1 Å². The van der Waals surface area contributed by atoms with Gasteiger partial charge < -0.3 is 14.4 Å². The largest absolute Gasteiger partial charge is 0.370 e. The summed E-state index contributed by atoms with van der Waals surface area (Å²) in [6.45, 7) is 5.98. The van der Waals surface area contributed by atoms with Crippen molar-refractivity contribution < 1.29 is 4.52 Å². The molecule has 1 aliphatic rings. The average Bonchev–Trinajstić information content (AvgIpc) is 3.15. The number of nitrogens with one attached hydrogen (secondary N) is 1. The molecule has 22 heavy (non-hydrogen) atoms. The van der Waals surface area contributed by atoms with Crippen LogP contribution in [-0.2, 0) is 5.41 Å². The van der Waals surface area contributed by atoms with Crippen molar-refractivity contribution in [1.29, 1.82) is 0 Å². The van der Waals surface area contributed by atoms with Gasteiger partial charge in [-0.1, -0.05) is 5.16 Å². The molecule has 1 fully saturated rings. The number of rotatable bonds is 2. The maximum Gasteiger partial charge on any atom is 0.234 e. The Morgan fingerprint density at radius 2 is 2.27 bits per heavy atom. The molecule has 0 bridgehead atoms. The fourth-order valence-electron chi connectivity index (χ4n) is 3.38. The maximum absolute atomic E-state index is 5.46. The van der Waals surface area contributed by atoms with Gasteiger partial charge in [0.15, 0.2) is 5.82 Å². The highest BCUT2D eigenvalue weighted by atomic mass is 16.5. The first-order chi connectivity index (χ1) is 10.7. The van der Waals surface area contributed by atoms with Crippen LogP contribution in [0.25, 0.3) is 11.0 Å². The van der Waals surface area contributed by atoms with Crippen LogP contribution in [0.2, 0.25) is 0 Å². The number of hydrogen-bond acceptors (Lipinski definition) is 5. The van der Waals surface area contributed by atoms with Gasteiger partial charge in [0.2, 0.25) is 5.89 Å². The van der Waals surface area contributed by atoms with E-state index < -0.39 is 0 Å². The molecule has 1 atom stereocenters. The van der Waals surface area contributed by atoms with Crippen molar-refractivity contribution in [2.45, 2.75) is 32.1 Å². The molecule has 0 radical (unpaired) electrons. The molecule has 0 aliphatic carbocycles. The number of anilines is 1. The van der Waals surface area contributed by atoms with Crippen LogP contribution in [0.4, 0.5) is 5.69 Å². The molecule has 0 saturated carbocycles. The predicted octanol–water partition coefficient (Wildman–Crippen LogP) is 2.81. The normalized spacial score (nSPS) is 22.4. The summed E-state index contributed by atoms with van der Waals surface area (Å²) in [5.74, 6) is 1.44. The van der Waals surface area contributed by atoms with Gasteiger partial charge in [-0.2, -0.15) is 4.98 Å². The summed E-state index contributed by atoms with van der Waals surface area (Å²) < 4.78 is 5.46. The van der Waals surface area contributed by atoms with E-state index in [1.54, 1.807) is 0 Å². The first-order valence-corrected chi connectivity index (χ1v) is 7.64. The number of aromatic nitrogens is 4. The van der Waals surface area contributed by atoms with Gasteiger partial charge in [-0.3, -0.25) is 0 Å². The molecule has 1 unspecified atom stereocenters. The maximum atomic E-state index is 5.46. The Bertz CT molecular complexity index is 808. The molecule has 6 nitrogen and oxygen atoms in total. The lowest BCUT2D eigenvalue weighted by Crippen LogP contribution is -2.44. The fourth-order valence-corrected chi connectivity index (χ4v) is 3.38. The van der Waals surface area contributed by atoms with E-state index in [0.29, 0.717) is 5.82 Å². The summed E-state index contributed by atoms with van der Waals surface area (Å²) in [6.07, 6.45) is 5.96. The molecule has 4 heterocycles. The number of aryl methyl sites for hydroxylation is 1. The third kappa shape index (κ3) is 2.06. The Hall–Kier alpha value is -2.37. The van der Waals surface area contributed by atoms with Crippen molar-refractivity contribution >= 4 is 16.7 Å². The second-order valence-corrected chi connectivity index (χ2v) is 6.30. The van der Waals surface area contributed by atoms with Crippen molar-refractivity contribution in [3.8, 4) is 0 Å². The number of aromatic amines is 1. The minimum absolute atomic E-state index is 0.106. The van der Waals surface area contributed by atoms with Crippen molar-refractivity contribution in [3.05, 3.63) is 36.2 Å². The lowest BCUT2D eigenvalue weighted by Gasteiger charge is -2.39. The van der Waals surface area contributed by atoms with Crippen LogP contribution in [0, 0.1) is 6.92 Å². The number of H-pyrrole nitrogens is 1. The Labute approximate surface area is 128 Å². The number of nitrogens with zero attached hydrogens (tertiary/aromatic N) is 4. The number of hydrogen-bond donors (Lipinski definition) is 1. The van der Waals surface area contributed by atoms with Gasteiger partial charge in [-0.05, 0) is 38.8 Å². The van der Waals surface area contributed by atoms with Gasteiger partial charge in [0.05, 0.1) is 5.41 Å². The van der Waals surface area contributed by atoms with Crippen molar-refractivity contribution in [1.82, 2.24) is 20.1 Å². The molecule has 1 saturated heterocycles. The Morgan fingerprint density at radius 1 is 1.36 bits per heavy atom. The lowest BCUT2D eigenvalue weighted by molar-refractivity contribution is 0.260. The molecule has 1 aliphatic heterocycles. The molecular formula is C16H19N5O. The van der Waals surface area contributed by atoms with Crippen molar-refractivity contribution in [3.63, 3.8) is 0 Å². The second kappa shape index (κ2) is 4.83. The zero-order chi connectivity index (χ0) is 15.2. The lowest BCUT2D eigenvalue weighted by atomic mass is 9.81. The summed E-state index contributed by atoms with van der Waals surface area (Å²) in [4.78, 5) is 14.4. The smallest absolute Gasteiger partial charge is 0.234 e. The van der Waals surface area contributed by atoms with E-state index >= 15 is 0 Å². The molecule has 6 heteroatoms. The standard InChI is InChI=1S/C16H19N5O/c1-11-19-15(22-20-11)16(2)6-3-9-21(10-16)13-5-8-18-14-12(13)4-7-17-14/h4-5,7-8H,3,6,9-10H2,1-2H3,(H,17,18). The Morgan fingerprint density at radius 3 is 3.09 bits per heavy atom. The highest BCUT2D eigenvalue weighted by molar-refractivity contribution is 5.89. The average molecular weight is 297 g/mol. The van der Waals surface area contributed by atoms with Crippen LogP contribution < -0.4 is 4.90 Å². The van der Waals surface area contributed by atoms with Crippen molar-refractivity contribution in [2.75, 3.05) is 18.0 Å². The van der Waals surface area contributed by atoms with E-state index in [1.807, 2.05) is 19.3 Å². The van der Waals surface area contributed by atoms with Crippen LogP contribution in [0.3, 0.4) is 0 Å². The van der Waals surface area contributed by atoms with Gasteiger partial charge in [-0.25, -0.2) is 4.98 Å². The highest BCUT2D eigenvalue weighted by Crippen LogP contribution is 2.36. The fraction of sp³-hybridized carbons (Fsp3) is 0.438. The number of fused-ring (bicyclic) bond motifs is 1. The minimum atomic E-state index is -0.106. The van der Waals surface area contributed by atoms with Crippen molar-refractivity contribution in [2.24, 2.45) is 0 Å². The van der Waals surface area contributed by atoms with Gasteiger partial charge in [0.1, 0.15) is 5.65 Å². The molecule has 3 aromatic rings. The van der Waals surface area contributed by atoms with Crippen LogP contribution in [0.15, 0.2) is 29.0 Å². The summed E-state index contributed by atoms with van der Waals surface area (Å²) in [6, 6.07) is 4.17. The Balaban J connectivity index is 1.70. The molecule has 0 spiro atoms. The number of pyridine rings is 1. The summed E-state index contributed by atoms with van der Waals surface area (Å²) in [5.41, 5.74) is 2.04. The van der Waals surface area contributed by atoms with E-state index in [0.717, 1.165) is 42.9 Å². The zero-order valence-corrected chi connectivity index (χ0v) is 12.8. The van der Waals surface area contributed by atoms with Gasteiger partial charge >= 0.3 is 0 Å².